The second-order valence-corrected chi connectivity index (χ2v) is 4.64. The Bertz CT molecular complexity index is 185. The quantitative estimate of drug-likeness (QED) is 0.659. The minimum Gasteiger partial charge on any atom is -0.353 e. The molecule has 0 aromatic heterocycles. The molecule has 1 fully saturated rings. The Hall–Kier alpha value is -0.410. The van der Waals surface area contributed by atoms with E-state index in [1.54, 1.807) is 0 Å². The smallest absolute Gasteiger partial charge is 0.157 e. The molecule has 0 spiro atoms. The van der Waals surface area contributed by atoms with Crippen molar-refractivity contribution in [2.24, 2.45) is 11.8 Å². The molecule has 0 amide bonds. The molecule has 3 heteroatoms. The van der Waals surface area contributed by atoms with Crippen molar-refractivity contribution < 1.29 is 14.3 Å². The summed E-state index contributed by atoms with van der Waals surface area (Å²) >= 11 is 0. The van der Waals surface area contributed by atoms with Crippen LogP contribution in [0.15, 0.2) is 0 Å². The molecule has 0 N–H and O–H groups in total. The second-order valence-electron chi connectivity index (χ2n) is 4.64. The van der Waals surface area contributed by atoms with E-state index in [9.17, 15) is 4.79 Å². The lowest BCUT2D eigenvalue weighted by Gasteiger charge is -2.31. The highest BCUT2D eigenvalue weighted by Crippen LogP contribution is 2.22. The van der Waals surface area contributed by atoms with Crippen LogP contribution in [0.25, 0.3) is 0 Å². The molecule has 15 heavy (non-hydrogen) atoms. The molecular weight excluding hydrogens is 192 g/mol. The van der Waals surface area contributed by atoms with Crippen LogP contribution in [-0.2, 0) is 14.3 Å². The molecule has 0 radical (unpaired) electrons. The first-order valence-corrected chi connectivity index (χ1v) is 5.87. The Morgan fingerprint density at radius 1 is 1.33 bits per heavy atom. The van der Waals surface area contributed by atoms with Gasteiger partial charge in [-0.2, -0.15) is 0 Å². The summed E-state index contributed by atoms with van der Waals surface area (Å²) in [5.41, 5.74) is 0. The highest BCUT2D eigenvalue weighted by Gasteiger charge is 2.26. The monoisotopic (exact) mass is 214 g/mol. The van der Waals surface area contributed by atoms with Gasteiger partial charge < -0.3 is 14.3 Å². The topological polar surface area (TPSA) is 35.5 Å². The number of carbonyl (C=O) groups is 1. The SMILES string of the molecule is CC(C)[C@@H](O[C@@H]1CCCCO1)[C@H](C)C=O. The number of ether oxygens (including phenoxy) is 2. The molecule has 0 saturated carbocycles. The summed E-state index contributed by atoms with van der Waals surface area (Å²) in [6.45, 7) is 6.84. The third-order valence-electron chi connectivity index (χ3n) is 2.84. The molecular formula is C12H22O3. The summed E-state index contributed by atoms with van der Waals surface area (Å²) in [5, 5.41) is 0. The van der Waals surface area contributed by atoms with Gasteiger partial charge in [0.2, 0.25) is 0 Å². The summed E-state index contributed by atoms with van der Waals surface area (Å²) in [7, 11) is 0. The van der Waals surface area contributed by atoms with Crippen LogP contribution in [0.2, 0.25) is 0 Å². The molecule has 3 nitrogen and oxygen atoms in total. The van der Waals surface area contributed by atoms with E-state index in [0.717, 1.165) is 32.2 Å². The van der Waals surface area contributed by atoms with Crippen LogP contribution in [0, 0.1) is 11.8 Å². The fourth-order valence-electron chi connectivity index (χ4n) is 1.96. The molecule has 1 rings (SSSR count). The first kappa shape index (κ1) is 12.7. The minimum absolute atomic E-state index is 0.0226. The van der Waals surface area contributed by atoms with Crippen LogP contribution in [0.5, 0.6) is 0 Å². The van der Waals surface area contributed by atoms with Gasteiger partial charge in [0.05, 0.1) is 6.10 Å². The summed E-state index contributed by atoms with van der Waals surface area (Å²) in [6.07, 6.45) is 4.07. The van der Waals surface area contributed by atoms with Crippen molar-refractivity contribution in [2.75, 3.05) is 6.61 Å². The molecule has 0 aromatic rings. The highest BCUT2D eigenvalue weighted by molar-refractivity contribution is 5.53. The summed E-state index contributed by atoms with van der Waals surface area (Å²) in [6, 6.07) is 0. The van der Waals surface area contributed by atoms with Crippen molar-refractivity contribution in [1.29, 1.82) is 0 Å². The van der Waals surface area contributed by atoms with Crippen LogP contribution in [0.3, 0.4) is 0 Å². The molecule has 1 heterocycles. The maximum Gasteiger partial charge on any atom is 0.157 e. The lowest BCUT2D eigenvalue weighted by Crippen LogP contribution is -2.35. The third-order valence-corrected chi connectivity index (χ3v) is 2.84. The van der Waals surface area contributed by atoms with Crippen LogP contribution >= 0.6 is 0 Å². The number of hydrogen-bond donors (Lipinski definition) is 0. The van der Waals surface area contributed by atoms with Gasteiger partial charge in [0.1, 0.15) is 6.29 Å². The number of rotatable bonds is 5. The number of carbonyl (C=O) groups excluding carboxylic acids is 1. The van der Waals surface area contributed by atoms with Crippen molar-refractivity contribution in [3.05, 3.63) is 0 Å². The average Bonchev–Trinajstić information content (AvgIpc) is 2.26. The Morgan fingerprint density at radius 3 is 2.53 bits per heavy atom. The van der Waals surface area contributed by atoms with Crippen LogP contribution in [0.4, 0.5) is 0 Å². The molecule has 1 aliphatic heterocycles. The van der Waals surface area contributed by atoms with Crippen LogP contribution < -0.4 is 0 Å². The van der Waals surface area contributed by atoms with Gasteiger partial charge in [0, 0.05) is 12.5 Å². The first-order chi connectivity index (χ1) is 7.15. The predicted molar refractivity (Wildman–Crippen MR) is 58.5 cm³/mol. The van der Waals surface area contributed by atoms with E-state index in [0.29, 0.717) is 5.92 Å². The lowest BCUT2D eigenvalue weighted by molar-refractivity contribution is -0.204. The second kappa shape index (κ2) is 6.23. The molecule has 0 aromatic carbocycles. The van der Waals surface area contributed by atoms with E-state index in [1.165, 1.54) is 0 Å². The van der Waals surface area contributed by atoms with Crippen molar-refractivity contribution in [1.82, 2.24) is 0 Å². The third kappa shape index (κ3) is 3.92. The zero-order chi connectivity index (χ0) is 11.3. The zero-order valence-corrected chi connectivity index (χ0v) is 9.94. The molecule has 3 atom stereocenters. The molecule has 0 unspecified atom stereocenters. The molecule has 1 saturated heterocycles. The fraction of sp³-hybridized carbons (Fsp3) is 0.917. The lowest BCUT2D eigenvalue weighted by atomic mass is 9.96. The Balaban J connectivity index is 2.45. The van der Waals surface area contributed by atoms with Gasteiger partial charge in [-0.05, 0) is 25.2 Å². The van der Waals surface area contributed by atoms with Crippen LogP contribution in [-0.4, -0.2) is 25.3 Å². The highest BCUT2D eigenvalue weighted by atomic mass is 16.7. The zero-order valence-electron chi connectivity index (χ0n) is 9.94. The van der Waals surface area contributed by atoms with Gasteiger partial charge in [0.25, 0.3) is 0 Å². The van der Waals surface area contributed by atoms with E-state index >= 15 is 0 Å². The number of aldehydes is 1. The predicted octanol–water partition coefficient (Wildman–Crippen LogP) is 2.39. The van der Waals surface area contributed by atoms with Crippen molar-refractivity contribution in [3.63, 3.8) is 0 Å². The van der Waals surface area contributed by atoms with Crippen molar-refractivity contribution in [3.8, 4) is 0 Å². The van der Waals surface area contributed by atoms with Gasteiger partial charge in [0.15, 0.2) is 6.29 Å². The molecule has 0 aliphatic carbocycles. The Morgan fingerprint density at radius 2 is 2.07 bits per heavy atom. The van der Waals surface area contributed by atoms with Gasteiger partial charge in [-0.15, -0.1) is 0 Å². The summed E-state index contributed by atoms with van der Waals surface area (Å²) < 4.78 is 11.4. The fourth-order valence-corrected chi connectivity index (χ4v) is 1.96. The minimum atomic E-state index is -0.103. The molecule has 0 bridgehead atoms. The Kier molecular flexibility index (Phi) is 5.26. The van der Waals surface area contributed by atoms with E-state index in [2.05, 4.69) is 13.8 Å². The molecule has 88 valence electrons. The van der Waals surface area contributed by atoms with E-state index in [4.69, 9.17) is 9.47 Å². The van der Waals surface area contributed by atoms with Crippen LogP contribution in [0.1, 0.15) is 40.0 Å². The maximum absolute atomic E-state index is 10.8. The van der Waals surface area contributed by atoms with Gasteiger partial charge >= 0.3 is 0 Å². The summed E-state index contributed by atoms with van der Waals surface area (Å²) in [5.74, 6) is 0.284. The van der Waals surface area contributed by atoms with E-state index in [1.807, 2.05) is 6.92 Å². The van der Waals surface area contributed by atoms with Gasteiger partial charge in [-0.25, -0.2) is 0 Å². The molecule has 1 aliphatic rings. The summed E-state index contributed by atoms with van der Waals surface area (Å²) in [4.78, 5) is 10.8. The average molecular weight is 214 g/mol. The van der Waals surface area contributed by atoms with Crippen molar-refractivity contribution >= 4 is 6.29 Å². The standard InChI is InChI=1S/C12H22O3/c1-9(2)12(10(3)8-13)15-11-6-4-5-7-14-11/h8-12H,4-7H2,1-3H3/t10-,11-,12-/m1/s1. The van der Waals surface area contributed by atoms with Gasteiger partial charge in [-0.3, -0.25) is 0 Å². The Labute approximate surface area is 92.1 Å². The van der Waals surface area contributed by atoms with E-state index in [-0.39, 0.29) is 18.3 Å². The van der Waals surface area contributed by atoms with Crippen molar-refractivity contribution in [2.45, 2.75) is 52.4 Å². The first-order valence-electron chi connectivity index (χ1n) is 5.87. The number of hydrogen-bond acceptors (Lipinski definition) is 3. The maximum atomic E-state index is 10.8. The largest absolute Gasteiger partial charge is 0.353 e. The van der Waals surface area contributed by atoms with E-state index < -0.39 is 0 Å². The van der Waals surface area contributed by atoms with Gasteiger partial charge in [-0.1, -0.05) is 20.8 Å². The normalized spacial score (nSPS) is 26.3.